The first kappa shape index (κ1) is 12.7. The maximum absolute atomic E-state index is 11.4. The van der Waals surface area contributed by atoms with E-state index in [-0.39, 0.29) is 12.3 Å². The third-order valence-electron chi connectivity index (χ3n) is 2.09. The van der Waals surface area contributed by atoms with Crippen LogP contribution in [-0.2, 0) is 16.2 Å². The molecule has 0 fully saturated rings. The Morgan fingerprint density at radius 1 is 1.44 bits per heavy atom. The fourth-order valence-corrected chi connectivity index (χ4v) is 1.20. The zero-order valence-corrected chi connectivity index (χ0v) is 9.59. The number of carbonyl (C=O) groups is 1. The van der Waals surface area contributed by atoms with Crippen molar-refractivity contribution in [2.75, 3.05) is 7.05 Å². The zero-order valence-electron chi connectivity index (χ0n) is 9.59. The Hall–Kier alpha value is -1.39. The van der Waals surface area contributed by atoms with Crippen LogP contribution in [0.4, 0.5) is 0 Å². The standard InChI is InChI=1S/C12H17NO3/c1-10(14)8-12(15)13(2)16-9-11-6-4-3-5-7-11/h3-7,10,14H,8-9H2,1-2H3. The van der Waals surface area contributed by atoms with Crippen LogP contribution in [0.1, 0.15) is 18.9 Å². The molecule has 1 unspecified atom stereocenters. The summed E-state index contributed by atoms with van der Waals surface area (Å²) in [5.41, 5.74) is 0.999. The average molecular weight is 223 g/mol. The number of carbonyl (C=O) groups excluding carboxylic acids is 1. The molecule has 0 bridgehead atoms. The maximum Gasteiger partial charge on any atom is 0.248 e. The summed E-state index contributed by atoms with van der Waals surface area (Å²) in [4.78, 5) is 16.7. The van der Waals surface area contributed by atoms with Gasteiger partial charge in [-0.3, -0.25) is 9.63 Å². The van der Waals surface area contributed by atoms with Crippen molar-refractivity contribution in [1.29, 1.82) is 0 Å². The lowest BCUT2D eigenvalue weighted by Gasteiger charge is -2.17. The summed E-state index contributed by atoms with van der Waals surface area (Å²) >= 11 is 0. The van der Waals surface area contributed by atoms with Crippen LogP contribution in [0.15, 0.2) is 30.3 Å². The number of aliphatic hydroxyl groups excluding tert-OH is 1. The van der Waals surface area contributed by atoms with E-state index in [0.717, 1.165) is 5.56 Å². The van der Waals surface area contributed by atoms with Gasteiger partial charge in [-0.1, -0.05) is 30.3 Å². The van der Waals surface area contributed by atoms with Crippen molar-refractivity contribution < 1.29 is 14.7 Å². The van der Waals surface area contributed by atoms with Crippen molar-refractivity contribution in [1.82, 2.24) is 5.06 Å². The minimum Gasteiger partial charge on any atom is -0.393 e. The van der Waals surface area contributed by atoms with Crippen LogP contribution >= 0.6 is 0 Å². The molecule has 88 valence electrons. The van der Waals surface area contributed by atoms with Gasteiger partial charge in [0, 0.05) is 7.05 Å². The molecule has 1 amide bonds. The van der Waals surface area contributed by atoms with Gasteiger partial charge < -0.3 is 5.11 Å². The van der Waals surface area contributed by atoms with Crippen LogP contribution in [0.2, 0.25) is 0 Å². The van der Waals surface area contributed by atoms with E-state index < -0.39 is 6.10 Å². The number of amides is 1. The lowest BCUT2D eigenvalue weighted by atomic mass is 10.2. The maximum atomic E-state index is 11.4. The lowest BCUT2D eigenvalue weighted by molar-refractivity contribution is -0.184. The number of hydrogen-bond acceptors (Lipinski definition) is 3. The van der Waals surface area contributed by atoms with Crippen LogP contribution in [0, 0.1) is 0 Å². The number of benzene rings is 1. The summed E-state index contributed by atoms with van der Waals surface area (Å²) in [6, 6.07) is 9.60. The Labute approximate surface area is 95.4 Å². The summed E-state index contributed by atoms with van der Waals surface area (Å²) in [5, 5.41) is 10.2. The fraction of sp³-hybridized carbons (Fsp3) is 0.417. The predicted octanol–water partition coefficient (Wildman–Crippen LogP) is 1.35. The first-order valence-electron chi connectivity index (χ1n) is 5.21. The van der Waals surface area contributed by atoms with E-state index >= 15 is 0 Å². The average Bonchev–Trinajstić information content (AvgIpc) is 2.26. The molecule has 0 saturated carbocycles. The molecule has 4 heteroatoms. The molecule has 0 aliphatic rings. The van der Waals surface area contributed by atoms with Gasteiger partial charge in [0.25, 0.3) is 0 Å². The zero-order chi connectivity index (χ0) is 12.0. The fourth-order valence-electron chi connectivity index (χ4n) is 1.20. The van der Waals surface area contributed by atoms with Crippen LogP contribution in [0.5, 0.6) is 0 Å². The molecule has 16 heavy (non-hydrogen) atoms. The van der Waals surface area contributed by atoms with E-state index in [0.29, 0.717) is 6.61 Å². The smallest absolute Gasteiger partial charge is 0.248 e. The third kappa shape index (κ3) is 4.42. The number of hydroxylamine groups is 2. The minimum absolute atomic E-state index is 0.0747. The van der Waals surface area contributed by atoms with Crippen molar-refractivity contribution in [2.45, 2.75) is 26.1 Å². The molecule has 1 N–H and O–H groups in total. The van der Waals surface area contributed by atoms with Gasteiger partial charge in [-0.05, 0) is 12.5 Å². The molecule has 1 aromatic carbocycles. The van der Waals surface area contributed by atoms with E-state index in [4.69, 9.17) is 9.94 Å². The summed E-state index contributed by atoms with van der Waals surface area (Å²) in [6.07, 6.45) is -0.569. The molecule has 0 aliphatic heterocycles. The summed E-state index contributed by atoms with van der Waals surface area (Å²) in [6.45, 7) is 1.92. The van der Waals surface area contributed by atoms with E-state index in [9.17, 15) is 4.79 Å². The van der Waals surface area contributed by atoms with Crippen molar-refractivity contribution in [3.05, 3.63) is 35.9 Å². The highest BCUT2D eigenvalue weighted by molar-refractivity contribution is 5.75. The molecule has 0 saturated heterocycles. The van der Waals surface area contributed by atoms with Crippen molar-refractivity contribution >= 4 is 5.91 Å². The van der Waals surface area contributed by atoms with Gasteiger partial charge in [-0.15, -0.1) is 0 Å². The molecule has 0 heterocycles. The van der Waals surface area contributed by atoms with Crippen molar-refractivity contribution in [3.63, 3.8) is 0 Å². The summed E-state index contributed by atoms with van der Waals surface area (Å²) < 4.78 is 0. The molecule has 0 radical (unpaired) electrons. The number of aliphatic hydroxyl groups is 1. The second-order valence-corrected chi connectivity index (χ2v) is 3.70. The summed E-state index contributed by atoms with van der Waals surface area (Å²) in [7, 11) is 1.55. The molecule has 1 atom stereocenters. The topological polar surface area (TPSA) is 49.8 Å². The molecule has 0 spiro atoms. The van der Waals surface area contributed by atoms with Crippen molar-refractivity contribution in [3.8, 4) is 0 Å². The Balaban J connectivity index is 2.35. The highest BCUT2D eigenvalue weighted by Gasteiger charge is 2.11. The van der Waals surface area contributed by atoms with Crippen LogP contribution < -0.4 is 0 Å². The van der Waals surface area contributed by atoms with Gasteiger partial charge in [-0.25, -0.2) is 5.06 Å². The quantitative estimate of drug-likeness (QED) is 0.766. The first-order chi connectivity index (χ1) is 7.59. The van der Waals surface area contributed by atoms with Gasteiger partial charge in [-0.2, -0.15) is 0 Å². The first-order valence-corrected chi connectivity index (χ1v) is 5.21. The van der Waals surface area contributed by atoms with E-state index in [1.54, 1.807) is 14.0 Å². The molecule has 0 aromatic heterocycles. The van der Waals surface area contributed by atoms with E-state index in [2.05, 4.69) is 0 Å². The monoisotopic (exact) mass is 223 g/mol. The Bertz CT molecular complexity index is 324. The molecule has 4 nitrogen and oxygen atoms in total. The normalized spacial score (nSPS) is 12.2. The van der Waals surface area contributed by atoms with Gasteiger partial charge in [0.1, 0.15) is 6.61 Å². The lowest BCUT2D eigenvalue weighted by Crippen LogP contribution is -2.29. The SMILES string of the molecule is CC(O)CC(=O)N(C)OCc1ccccc1. The third-order valence-corrected chi connectivity index (χ3v) is 2.09. The second kappa shape index (κ2) is 6.25. The van der Waals surface area contributed by atoms with Crippen molar-refractivity contribution in [2.24, 2.45) is 0 Å². The van der Waals surface area contributed by atoms with Gasteiger partial charge in [0.05, 0.1) is 12.5 Å². The summed E-state index contributed by atoms with van der Waals surface area (Å²) in [5.74, 6) is -0.231. The van der Waals surface area contributed by atoms with Gasteiger partial charge >= 0.3 is 0 Å². The molecule has 1 aromatic rings. The van der Waals surface area contributed by atoms with Gasteiger partial charge in [0.15, 0.2) is 0 Å². The molecular formula is C12H17NO3. The Morgan fingerprint density at radius 2 is 2.06 bits per heavy atom. The highest BCUT2D eigenvalue weighted by Crippen LogP contribution is 2.03. The Morgan fingerprint density at radius 3 is 2.62 bits per heavy atom. The van der Waals surface area contributed by atoms with E-state index in [1.807, 2.05) is 30.3 Å². The second-order valence-electron chi connectivity index (χ2n) is 3.70. The number of nitrogens with zero attached hydrogens (tertiary/aromatic N) is 1. The molecule has 1 rings (SSSR count). The highest BCUT2D eigenvalue weighted by atomic mass is 16.7. The largest absolute Gasteiger partial charge is 0.393 e. The molecule has 0 aliphatic carbocycles. The molecular weight excluding hydrogens is 206 g/mol. The van der Waals surface area contributed by atoms with Crippen LogP contribution in [0.25, 0.3) is 0 Å². The number of hydrogen-bond donors (Lipinski definition) is 1. The number of rotatable bonds is 5. The minimum atomic E-state index is -0.643. The predicted molar refractivity (Wildman–Crippen MR) is 60.3 cm³/mol. The van der Waals surface area contributed by atoms with E-state index in [1.165, 1.54) is 5.06 Å². The van der Waals surface area contributed by atoms with Gasteiger partial charge in [0.2, 0.25) is 5.91 Å². The Kier molecular flexibility index (Phi) is 4.95. The van der Waals surface area contributed by atoms with Crippen LogP contribution in [0.3, 0.4) is 0 Å². The van der Waals surface area contributed by atoms with Crippen LogP contribution in [-0.4, -0.2) is 29.2 Å².